The van der Waals surface area contributed by atoms with Gasteiger partial charge in [0.2, 0.25) is 0 Å². The quantitative estimate of drug-likeness (QED) is 0.587. The molecule has 0 fully saturated rings. The molecule has 2 aromatic rings. The molecule has 136 valence electrons. The molecule has 0 N–H and O–H groups in total. The van der Waals surface area contributed by atoms with Gasteiger partial charge in [-0.2, -0.15) is 0 Å². The summed E-state index contributed by atoms with van der Waals surface area (Å²) in [5.74, 6) is 0.334. The van der Waals surface area contributed by atoms with Crippen molar-refractivity contribution >= 4 is 20.0 Å². The lowest BCUT2D eigenvalue weighted by Crippen LogP contribution is -2.45. The van der Waals surface area contributed by atoms with Crippen LogP contribution in [0.2, 0.25) is 18.1 Å². The van der Waals surface area contributed by atoms with Crippen LogP contribution >= 0.6 is 0 Å². The monoisotopic (exact) mass is 368 g/mol. The van der Waals surface area contributed by atoms with Crippen molar-refractivity contribution in [3.05, 3.63) is 65.0 Å². The lowest BCUT2D eigenvalue weighted by Gasteiger charge is -2.42. The van der Waals surface area contributed by atoms with Crippen LogP contribution in [0.3, 0.4) is 0 Å². The predicted molar refractivity (Wildman–Crippen MR) is 106 cm³/mol. The van der Waals surface area contributed by atoms with Gasteiger partial charge in [-0.05, 0) is 47.5 Å². The number of ether oxygens (including phenoxy) is 1. The van der Waals surface area contributed by atoms with E-state index in [1.54, 1.807) is 0 Å². The second-order valence-corrected chi connectivity index (χ2v) is 13.5. The number of hydrogen-bond acceptors (Lipinski definition) is 2. The summed E-state index contributed by atoms with van der Waals surface area (Å²) in [6, 6.07) is 13.1. The van der Waals surface area contributed by atoms with Gasteiger partial charge < -0.3 is 9.16 Å². The van der Waals surface area contributed by atoms with E-state index in [1.807, 2.05) is 18.2 Å². The molecule has 0 radical (unpaired) electrons. The van der Waals surface area contributed by atoms with Gasteiger partial charge in [-0.1, -0.05) is 45.0 Å². The van der Waals surface area contributed by atoms with Crippen LogP contribution in [-0.2, 0) is 4.43 Å². The van der Waals surface area contributed by atoms with Gasteiger partial charge in [-0.15, -0.1) is 0 Å². The van der Waals surface area contributed by atoms with Gasteiger partial charge >= 0.3 is 0 Å². The third-order valence-electron chi connectivity index (χ3n) is 5.93. The Kier molecular flexibility index (Phi) is 3.90. The van der Waals surface area contributed by atoms with E-state index in [0.717, 1.165) is 22.3 Å². The van der Waals surface area contributed by atoms with Crippen LogP contribution in [0.15, 0.2) is 42.5 Å². The Balaban J connectivity index is 1.81. The van der Waals surface area contributed by atoms with Crippen LogP contribution in [0.25, 0.3) is 11.6 Å². The fourth-order valence-corrected chi connectivity index (χ4v) is 4.66. The molecule has 0 bridgehead atoms. The highest BCUT2D eigenvalue weighted by Gasteiger charge is 2.46. The van der Waals surface area contributed by atoms with Crippen molar-refractivity contribution in [3.63, 3.8) is 0 Å². The smallest absolute Gasteiger partial charge is 0.193 e. The molecule has 2 aliphatic rings. The molecule has 26 heavy (non-hydrogen) atoms. The molecule has 1 aliphatic carbocycles. The Hall–Kier alpha value is -1.91. The first-order chi connectivity index (χ1) is 12.2. The van der Waals surface area contributed by atoms with Gasteiger partial charge in [0.1, 0.15) is 17.7 Å². The van der Waals surface area contributed by atoms with Crippen molar-refractivity contribution in [1.82, 2.24) is 0 Å². The van der Waals surface area contributed by atoms with Crippen LogP contribution in [0.4, 0.5) is 4.39 Å². The largest absolute Gasteiger partial charge is 0.482 e. The Labute approximate surface area is 155 Å². The molecule has 0 saturated heterocycles. The molecule has 0 saturated carbocycles. The molecular formula is C22H25FO2Si. The van der Waals surface area contributed by atoms with Crippen molar-refractivity contribution in [2.75, 3.05) is 0 Å². The standard InChI is InChI=1S/C22H25FO2Si/c1-22(2,3)26(4,5)25-21-16-9-7-6-8-14(16)12-18-17-11-10-15(23)13-19(17)24-20(18)21/h6-13,20-21H,1-5H3/t20-,21-/m1/s1. The fraction of sp³-hybridized carbons (Fsp3) is 0.364. The van der Waals surface area contributed by atoms with Crippen molar-refractivity contribution in [1.29, 1.82) is 0 Å². The van der Waals surface area contributed by atoms with Gasteiger partial charge in [-0.25, -0.2) is 4.39 Å². The van der Waals surface area contributed by atoms with E-state index in [-0.39, 0.29) is 23.1 Å². The SMILES string of the molecule is CC(C)(C)[Si](C)(C)O[C@@H]1c2ccccc2C=C2c3ccc(F)cc3O[C@H]21. The summed E-state index contributed by atoms with van der Waals surface area (Å²) >= 11 is 0. The maximum Gasteiger partial charge on any atom is 0.193 e. The third kappa shape index (κ3) is 2.72. The average molecular weight is 369 g/mol. The van der Waals surface area contributed by atoms with Crippen molar-refractivity contribution in [2.24, 2.45) is 0 Å². The summed E-state index contributed by atoms with van der Waals surface area (Å²) < 4.78 is 26.7. The Morgan fingerprint density at radius 1 is 1.08 bits per heavy atom. The summed E-state index contributed by atoms with van der Waals surface area (Å²) in [6.07, 6.45) is 1.76. The van der Waals surface area contributed by atoms with Gasteiger partial charge in [0, 0.05) is 17.2 Å². The summed E-state index contributed by atoms with van der Waals surface area (Å²) in [7, 11) is -2.02. The zero-order valence-electron chi connectivity index (χ0n) is 16.0. The minimum atomic E-state index is -2.02. The third-order valence-corrected chi connectivity index (χ3v) is 10.4. The summed E-state index contributed by atoms with van der Waals surface area (Å²) in [5, 5.41) is 0.0980. The molecule has 2 atom stereocenters. The van der Waals surface area contributed by atoms with E-state index in [2.05, 4.69) is 52.1 Å². The molecule has 1 aliphatic heterocycles. The summed E-state index contributed by atoms with van der Waals surface area (Å²) in [4.78, 5) is 0. The number of rotatable bonds is 2. The van der Waals surface area contributed by atoms with Crippen LogP contribution in [0.5, 0.6) is 5.75 Å². The lowest BCUT2D eigenvalue weighted by atomic mass is 9.86. The molecule has 0 amide bonds. The topological polar surface area (TPSA) is 18.5 Å². The maximum absolute atomic E-state index is 13.7. The number of fused-ring (bicyclic) bond motifs is 4. The maximum atomic E-state index is 13.7. The normalized spacial score (nSPS) is 21.4. The highest BCUT2D eigenvalue weighted by molar-refractivity contribution is 6.74. The number of benzene rings is 2. The summed E-state index contributed by atoms with van der Waals surface area (Å²) in [5.41, 5.74) is 4.36. The second kappa shape index (κ2) is 5.79. The first kappa shape index (κ1) is 17.5. The number of hydrogen-bond donors (Lipinski definition) is 0. The van der Waals surface area contributed by atoms with Gasteiger partial charge in [0.25, 0.3) is 0 Å². The fourth-order valence-electron chi connectivity index (χ4n) is 3.42. The lowest BCUT2D eigenvalue weighted by molar-refractivity contribution is 0.0833. The minimum absolute atomic E-state index is 0.0980. The molecule has 0 spiro atoms. The van der Waals surface area contributed by atoms with Crippen molar-refractivity contribution in [3.8, 4) is 5.75 Å². The number of halogens is 1. The van der Waals surface area contributed by atoms with E-state index in [0.29, 0.717) is 5.75 Å². The van der Waals surface area contributed by atoms with Crippen LogP contribution in [0.1, 0.15) is 43.6 Å². The predicted octanol–water partition coefficient (Wildman–Crippen LogP) is 6.20. The zero-order valence-corrected chi connectivity index (χ0v) is 17.0. The first-order valence-electron chi connectivity index (χ1n) is 9.12. The Morgan fingerprint density at radius 3 is 2.54 bits per heavy atom. The van der Waals surface area contributed by atoms with Crippen molar-refractivity contribution < 1.29 is 13.6 Å². The molecule has 0 aromatic heterocycles. The molecule has 2 aromatic carbocycles. The molecule has 2 nitrogen and oxygen atoms in total. The molecular weight excluding hydrogens is 343 g/mol. The first-order valence-corrected chi connectivity index (χ1v) is 12.0. The molecule has 4 rings (SSSR count). The van der Waals surface area contributed by atoms with Crippen LogP contribution < -0.4 is 4.74 Å². The van der Waals surface area contributed by atoms with Gasteiger partial charge in [0.15, 0.2) is 14.4 Å². The molecule has 4 heteroatoms. The summed E-state index contributed by atoms with van der Waals surface area (Å²) in [6.45, 7) is 11.2. The van der Waals surface area contributed by atoms with Crippen LogP contribution in [0, 0.1) is 5.82 Å². The van der Waals surface area contributed by atoms with E-state index >= 15 is 0 Å². The molecule has 0 unspecified atom stereocenters. The zero-order chi connectivity index (χ0) is 18.7. The van der Waals surface area contributed by atoms with E-state index in [1.165, 1.54) is 12.1 Å². The van der Waals surface area contributed by atoms with E-state index in [9.17, 15) is 4.39 Å². The van der Waals surface area contributed by atoms with E-state index < -0.39 is 8.32 Å². The van der Waals surface area contributed by atoms with Crippen molar-refractivity contribution in [2.45, 2.75) is 51.1 Å². The minimum Gasteiger partial charge on any atom is -0.482 e. The Morgan fingerprint density at radius 2 is 1.81 bits per heavy atom. The average Bonchev–Trinajstić information content (AvgIpc) is 2.91. The Bertz CT molecular complexity index is 895. The van der Waals surface area contributed by atoms with E-state index in [4.69, 9.17) is 9.16 Å². The second-order valence-electron chi connectivity index (χ2n) is 8.71. The highest BCUT2D eigenvalue weighted by atomic mass is 28.4. The van der Waals surface area contributed by atoms with Gasteiger partial charge in [0.05, 0.1) is 0 Å². The van der Waals surface area contributed by atoms with Gasteiger partial charge in [-0.3, -0.25) is 0 Å². The highest BCUT2D eigenvalue weighted by Crippen LogP contribution is 2.50. The molecule has 1 heterocycles. The van der Waals surface area contributed by atoms with Crippen LogP contribution in [-0.4, -0.2) is 14.4 Å².